The first kappa shape index (κ1) is 16.8. The average Bonchev–Trinajstić information content (AvgIpc) is 2.50. The quantitative estimate of drug-likeness (QED) is 0.791. The standard InChI is InChI=1S/C17H32N2O2/c1-14-7-5-6-10-16(14)18-17(21)13-19(11-12-20)15-8-3-2-4-9-15/h14-16,20H,2-13H2,1H3,(H,18,21). The lowest BCUT2D eigenvalue weighted by atomic mass is 9.86. The van der Waals surface area contributed by atoms with Crippen LogP contribution in [0, 0.1) is 5.92 Å². The van der Waals surface area contributed by atoms with E-state index in [1.165, 1.54) is 51.4 Å². The number of carbonyl (C=O) groups is 1. The minimum atomic E-state index is 0.142. The van der Waals surface area contributed by atoms with Crippen molar-refractivity contribution < 1.29 is 9.90 Å². The Bertz CT molecular complexity index is 316. The number of rotatable bonds is 6. The second kappa shape index (κ2) is 8.74. The molecule has 0 spiro atoms. The predicted molar refractivity (Wildman–Crippen MR) is 85.1 cm³/mol. The Balaban J connectivity index is 1.82. The molecule has 0 aromatic heterocycles. The number of hydrogen-bond donors (Lipinski definition) is 2. The Kier molecular flexibility index (Phi) is 6.97. The van der Waals surface area contributed by atoms with Gasteiger partial charge in [0.2, 0.25) is 5.91 Å². The van der Waals surface area contributed by atoms with Crippen molar-refractivity contribution in [2.45, 2.75) is 76.8 Å². The first-order chi connectivity index (χ1) is 10.2. The zero-order valence-electron chi connectivity index (χ0n) is 13.5. The lowest BCUT2D eigenvalue weighted by Crippen LogP contribution is -2.49. The summed E-state index contributed by atoms with van der Waals surface area (Å²) in [5.41, 5.74) is 0. The summed E-state index contributed by atoms with van der Waals surface area (Å²) in [7, 11) is 0. The molecule has 0 bridgehead atoms. The molecule has 2 aliphatic carbocycles. The van der Waals surface area contributed by atoms with Crippen LogP contribution >= 0.6 is 0 Å². The van der Waals surface area contributed by atoms with Gasteiger partial charge in [-0.15, -0.1) is 0 Å². The number of carbonyl (C=O) groups excluding carboxylic acids is 1. The number of nitrogens with one attached hydrogen (secondary N) is 1. The van der Waals surface area contributed by atoms with Crippen LogP contribution in [0.4, 0.5) is 0 Å². The fraction of sp³-hybridized carbons (Fsp3) is 0.941. The van der Waals surface area contributed by atoms with Crippen molar-refractivity contribution in [3.8, 4) is 0 Å². The molecule has 0 aromatic carbocycles. The van der Waals surface area contributed by atoms with E-state index in [9.17, 15) is 9.90 Å². The van der Waals surface area contributed by atoms with Gasteiger partial charge in [0, 0.05) is 18.6 Å². The normalized spacial score (nSPS) is 27.8. The molecule has 122 valence electrons. The Morgan fingerprint density at radius 3 is 2.43 bits per heavy atom. The van der Waals surface area contributed by atoms with Crippen molar-refractivity contribution in [3.63, 3.8) is 0 Å². The zero-order valence-corrected chi connectivity index (χ0v) is 13.5. The maximum absolute atomic E-state index is 12.4. The summed E-state index contributed by atoms with van der Waals surface area (Å²) in [5.74, 6) is 0.747. The van der Waals surface area contributed by atoms with Crippen LogP contribution in [0.1, 0.15) is 64.7 Å². The number of hydrogen-bond acceptors (Lipinski definition) is 3. The highest BCUT2D eigenvalue weighted by Crippen LogP contribution is 2.24. The molecule has 4 nitrogen and oxygen atoms in total. The van der Waals surface area contributed by atoms with Gasteiger partial charge in [0.1, 0.15) is 0 Å². The molecule has 4 heteroatoms. The molecule has 2 rings (SSSR count). The molecule has 2 unspecified atom stereocenters. The van der Waals surface area contributed by atoms with E-state index in [1.807, 2.05) is 0 Å². The van der Waals surface area contributed by atoms with Gasteiger partial charge in [-0.25, -0.2) is 0 Å². The Hall–Kier alpha value is -0.610. The number of amides is 1. The van der Waals surface area contributed by atoms with Crippen molar-refractivity contribution in [2.24, 2.45) is 5.92 Å². The van der Waals surface area contributed by atoms with Crippen molar-refractivity contribution >= 4 is 5.91 Å². The largest absolute Gasteiger partial charge is 0.395 e. The van der Waals surface area contributed by atoms with E-state index >= 15 is 0 Å². The fourth-order valence-corrected chi connectivity index (χ4v) is 3.93. The van der Waals surface area contributed by atoms with E-state index in [1.54, 1.807) is 0 Å². The molecule has 2 saturated carbocycles. The van der Waals surface area contributed by atoms with Crippen molar-refractivity contribution in [3.05, 3.63) is 0 Å². The van der Waals surface area contributed by atoms with Crippen molar-refractivity contribution in [2.75, 3.05) is 19.7 Å². The number of nitrogens with zero attached hydrogens (tertiary/aromatic N) is 1. The molecule has 0 aliphatic heterocycles. The molecule has 2 fully saturated rings. The van der Waals surface area contributed by atoms with E-state index < -0.39 is 0 Å². The van der Waals surface area contributed by atoms with Gasteiger partial charge < -0.3 is 10.4 Å². The van der Waals surface area contributed by atoms with Crippen LogP contribution in [0.5, 0.6) is 0 Å². The number of aliphatic hydroxyl groups is 1. The van der Waals surface area contributed by atoms with Crippen LogP contribution in [0.2, 0.25) is 0 Å². The fourth-order valence-electron chi connectivity index (χ4n) is 3.93. The van der Waals surface area contributed by atoms with Gasteiger partial charge in [-0.3, -0.25) is 9.69 Å². The minimum Gasteiger partial charge on any atom is -0.395 e. The monoisotopic (exact) mass is 296 g/mol. The second-order valence-corrected chi connectivity index (χ2v) is 6.92. The summed E-state index contributed by atoms with van der Waals surface area (Å²) in [6, 6.07) is 0.842. The third-order valence-corrected chi connectivity index (χ3v) is 5.28. The third kappa shape index (κ3) is 5.26. The Labute approximate surface area is 129 Å². The molecule has 0 heterocycles. The summed E-state index contributed by atoms with van der Waals surface area (Å²) >= 11 is 0. The average molecular weight is 296 g/mol. The highest BCUT2D eigenvalue weighted by atomic mass is 16.3. The Morgan fingerprint density at radius 1 is 1.10 bits per heavy atom. The van der Waals surface area contributed by atoms with Crippen LogP contribution < -0.4 is 5.32 Å². The molecule has 0 radical (unpaired) electrons. The van der Waals surface area contributed by atoms with Gasteiger partial charge in [0.15, 0.2) is 0 Å². The van der Waals surface area contributed by atoms with Crippen LogP contribution in [0.15, 0.2) is 0 Å². The van der Waals surface area contributed by atoms with Gasteiger partial charge in [0.25, 0.3) is 0 Å². The van der Waals surface area contributed by atoms with E-state index in [-0.39, 0.29) is 12.5 Å². The molecule has 2 aliphatic rings. The molecule has 2 N–H and O–H groups in total. The highest BCUT2D eigenvalue weighted by molar-refractivity contribution is 5.78. The topological polar surface area (TPSA) is 52.6 Å². The molecular weight excluding hydrogens is 264 g/mol. The molecular formula is C17H32N2O2. The van der Waals surface area contributed by atoms with Gasteiger partial charge in [-0.1, -0.05) is 39.0 Å². The van der Waals surface area contributed by atoms with Gasteiger partial charge >= 0.3 is 0 Å². The van der Waals surface area contributed by atoms with Gasteiger partial charge in [0.05, 0.1) is 13.2 Å². The molecule has 0 saturated heterocycles. The van der Waals surface area contributed by atoms with Crippen molar-refractivity contribution in [1.29, 1.82) is 0 Å². The van der Waals surface area contributed by atoms with E-state index in [2.05, 4.69) is 17.1 Å². The molecule has 2 atom stereocenters. The first-order valence-corrected chi connectivity index (χ1v) is 8.85. The summed E-state index contributed by atoms with van der Waals surface area (Å²) < 4.78 is 0. The summed E-state index contributed by atoms with van der Waals surface area (Å²) in [5, 5.41) is 12.5. The third-order valence-electron chi connectivity index (χ3n) is 5.28. The van der Waals surface area contributed by atoms with Gasteiger partial charge in [-0.05, 0) is 31.6 Å². The molecule has 0 aromatic rings. The van der Waals surface area contributed by atoms with Crippen LogP contribution in [0.25, 0.3) is 0 Å². The predicted octanol–water partition coefficient (Wildman–Crippen LogP) is 2.31. The van der Waals surface area contributed by atoms with Crippen LogP contribution in [-0.4, -0.2) is 47.7 Å². The smallest absolute Gasteiger partial charge is 0.234 e. The summed E-state index contributed by atoms with van der Waals surface area (Å²) in [4.78, 5) is 14.5. The van der Waals surface area contributed by atoms with Crippen molar-refractivity contribution in [1.82, 2.24) is 10.2 Å². The van der Waals surface area contributed by atoms with Gasteiger partial charge in [-0.2, -0.15) is 0 Å². The summed E-state index contributed by atoms with van der Waals surface area (Å²) in [6.07, 6.45) is 11.1. The van der Waals surface area contributed by atoms with E-state index in [4.69, 9.17) is 0 Å². The van der Waals surface area contributed by atoms with Crippen LogP contribution in [0.3, 0.4) is 0 Å². The SMILES string of the molecule is CC1CCCCC1NC(=O)CN(CCO)C1CCCCC1. The lowest BCUT2D eigenvalue weighted by molar-refractivity contribution is -0.124. The number of aliphatic hydroxyl groups excluding tert-OH is 1. The Morgan fingerprint density at radius 2 is 1.76 bits per heavy atom. The summed E-state index contributed by atoms with van der Waals surface area (Å²) in [6.45, 7) is 3.47. The van der Waals surface area contributed by atoms with Crippen LogP contribution in [-0.2, 0) is 4.79 Å². The molecule has 1 amide bonds. The van der Waals surface area contributed by atoms with E-state index in [0.29, 0.717) is 31.1 Å². The first-order valence-electron chi connectivity index (χ1n) is 8.85. The maximum atomic E-state index is 12.4. The van der Waals surface area contributed by atoms with E-state index in [0.717, 1.165) is 6.42 Å². The second-order valence-electron chi connectivity index (χ2n) is 6.92. The maximum Gasteiger partial charge on any atom is 0.234 e. The minimum absolute atomic E-state index is 0.142. The lowest BCUT2D eigenvalue weighted by Gasteiger charge is -2.35. The zero-order chi connectivity index (χ0) is 15.1. The molecule has 21 heavy (non-hydrogen) atoms. The highest BCUT2D eigenvalue weighted by Gasteiger charge is 2.26.